The molecular weight excluding hydrogens is 639 g/mol. The number of hydrogen-bond acceptors (Lipinski definition) is 7. The van der Waals surface area contributed by atoms with Gasteiger partial charge in [-0.1, -0.05) is 53.1 Å². The first-order valence-corrected chi connectivity index (χ1v) is 19.2. The second-order valence-corrected chi connectivity index (χ2v) is 18.0. The topological polar surface area (TPSA) is 112 Å². The van der Waals surface area contributed by atoms with Gasteiger partial charge in [0.05, 0.1) is 14.7 Å². The lowest BCUT2D eigenvalue weighted by Crippen LogP contribution is -2.44. The Hall–Kier alpha value is -2.91. The van der Waals surface area contributed by atoms with Crippen molar-refractivity contribution >= 4 is 41.4 Å². The van der Waals surface area contributed by atoms with E-state index in [1.807, 2.05) is 20.8 Å². The number of benzene rings is 3. The number of fused-ring (bicyclic) bond motifs is 2. The molecule has 3 aromatic carbocycles. The van der Waals surface area contributed by atoms with Crippen LogP contribution in [0.25, 0.3) is 0 Å². The molecule has 9 nitrogen and oxygen atoms in total. The quantitative estimate of drug-likeness (QED) is 0.292. The fraction of sp³-hybridized carbons (Fsp3) is 0.290. The summed E-state index contributed by atoms with van der Waals surface area (Å²) in [6.07, 6.45) is 0. The maximum absolute atomic E-state index is 13.9. The molecule has 0 fully saturated rings. The number of hydrogen-bond donors (Lipinski definition) is 0. The summed E-state index contributed by atoms with van der Waals surface area (Å²) in [6.45, 7) is 5.04. The number of nitrogens with zero attached hydrogens (tertiary/aromatic N) is 3. The Kier molecular flexibility index (Phi) is 9.47. The highest BCUT2D eigenvalue weighted by molar-refractivity contribution is 7.89. The summed E-state index contributed by atoms with van der Waals surface area (Å²) in [5, 5.41) is 0. The lowest BCUT2D eigenvalue weighted by atomic mass is 10.2. The summed E-state index contributed by atoms with van der Waals surface area (Å²) in [6, 6.07) is 23.1. The molecule has 234 valence electrons. The van der Waals surface area contributed by atoms with Crippen LogP contribution in [-0.4, -0.2) is 64.3 Å². The third-order valence-corrected chi connectivity index (χ3v) is 14.2. The van der Waals surface area contributed by atoms with Crippen molar-refractivity contribution in [3.8, 4) is 0 Å². The second kappa shape index (κ2) is 12.8. The summed E-state index contributed by atoms with van der Waals surface area (Å²) in [5.41, 5.74) is 2.72. The number of rotatable bonds is 6. The molecule has 0 N–H and O–H groups in total. The van der Waals surface area contributed by atoms with Gasteiger partial charge in [-0.25, -0.2) is 25.3 Å². The maximum Gasteiger partial charge on any atom is 0.243 e. The largest absolute Gasteiger partial charge is 0.243 e. The van der Waals surface area contributed by atoms with Crippen LogP contribution in [0.4, 0.5) is 0 Å². The lowest BCUT2D eigenvalue weighted by molar-refractivity contribution is 0.312. The highest BCUT2D eigenvalue weighted by atomic mass is 32.2. The van der Waals surface area contributed by atoms with E-state index in [-0.39, 0.29) is 54.0 Å². The van der Waals surface area contributed by atoms with Crippen molar-refractivity contribution in [1.29, 1.82) is 0 Å². The summed E-state index contributed by atoms with van der Waals surface area (Å²) in [7, 11) is -12.1. The SMILES string of the molecule is Cc1ccc(S(=O)(=O)N2CCN(S(=O)(=O)c3ccc(C)cc3)Cc3ccc(s3)CN(S(=O)(=O)c3ccc(C)cc3)CC2)cc1. The van der Waals surface area contributed by atoms with Gasteiger partial charge in [-0.3, -0.25) is 0 Å². The van der Waals surface area contributed by atoms with Gasteiger partial charge in [-0.05, 0) is 69.3 Å². The van der Waals surface area contributed by atoms with Gasteiger partial charge in [0, 0.05) is 49.0 Å². The van der Waals surface area contributed by atoms with Crippen LogP contribution < -0.4 is 0 Å². The van der Waals surface area contributed by atoms with Gasteiger partial charge >= 0.3 is 0 Å². The predicted molar refractivity (Wildman–Crippen MR) is 172 cm³/mol. The predicted octanol–water partition coefficient (Wildman–Crippen LogP) is 4.76. The van der Waals surface area contributed by atoms with Gasteiger partial charge in [0.25, 0.3) is 0 Å². The van der Waals surface area contributed by atoms with Crippen molar-refractivity contribution in [2.24, 2.45) is 0 Å². The molecule has 1 aliphatic heterocycles. The minimum Gasteiger partial charge on any atom is -0.207 e. The van der Waals surface area contributed by atoms with Crippen molar-refractivity contribution in [3.63, 3.8) is 0 Å². The molecule has 1 aliphatic rings. The van der Waals surface area contributed by atoms with Crippen LogP contribution in [0.1, 0.15) is 26.4 Å². The van der Waals surface area contributed by atoms with E-state index in [2.05, 4.69) is 0 Å². The molecule has 2 heterocycles. The van der Waals surface area contributed by atoms with Crippen LogP contribution in [0.3, 0.4) is 0 Å². The first kappa shape index (κ1) is 32.5. The molecule has 0 radical (unpaired) electrons. The van der Waals surface area contributed by atoms with E-state index in [1.54, 1.807) is 72.8 Å². The van der Waals surface area contributed by atoms with Crippen molar-refractivity contribution in [2.45, 2.75) is 48.5 Å². The number of aryl methyl sites for hydroxylation is 3. The Morgan fingerprint density at radius 3 is 1.02 bits per heavy atom. The Morgan fingerprint density at radius 1 is 0.432 bits per heavy atom. The van der Waals surface area contributed by atoms with E-state index >= 15 is 0 Å². The number of sulfonamides is 3. The van der Waals surface area contributed by atoms with Gasteiger partial charge in [0.2, 0.25) is 30.1 Å². The van der Waals surface area contributed by atoms with Crippen molar-refractivity contribution in [2.75, 3.05) is 26.2 Å². The van der Waals surface area contributed by atoms with E-state index in [9.17, 15) is 25.3 Å². The highest BCUT2D eigenvalue weighted by Crippen LogP contribution is 2.28. The molecule has 0 saturated carbocycles. The zero-order valence-electron chi connectivity index (χ0n) is 24.7. The van der Waals surface area contributed by atoms with Crippen LogP contribution in [0, 0.1) is 20.8 Å². The molecule has 0 spiro atoms. The van der Waals surface area contributed by atoms with E-state index in [0.29, 0.717) is 0 Å². The molecule has 13 heteroatoms. The van der Waals surface area contributed by atoms with Gasteiger partial charge in [-0.2, -0.15) is 12.9 Å². The molecule has 4 aromatic rings. The third-order valence-electron chi connectivity index (χ3n) is 7.56. The summed E-state index contributed by atoms with van der Waals surface area (Å²) >= 11 is 1.34. The maximum atomic E-state index is 13.9. The van der Waals surface area contributed by atoms with Crippen molar-refractivity contribution < 1.29 is 25.3 Å². The van der Waals surface area contributed by atoms with Gasteiger partial charge in [0.15, 0.2) is 0 Å². The monoisotopic (exact) mass is 673 g/mol. The molecule has 0 amide bonds. The molecule has 2 bridgehead atoms. The highest BCUT2D eigenvalue weighted by Gasteiger charge is 2.33. The Morgan fingerprint density at radius 2 is 0.705 bits per heavy atom. The van der Waals surface area contributed by atoms with Crippen LogP contribution in [0.5, 0.6) is 0 Å². The van der Waals surface area contributed by atoms with Crippen LogP contribution in [-0.2, 0) is 43.2 Å². The van der Waals surface area contributed by atoms with Gasteiger partial charge in [0.1, 0.15) is 0 Å². The first-order valence-electron chi connectivity index (χ1n) is 14.0. The first-order chi connectivity index (χ1) is 20.8. The lowest BCUT2D eigenvalue weighted by Gasteiger charge is -2.30. The molecule has 0 atom stereocenters. The minimum atomic E-state index is -4.10. The standard InChI is InChI=1S/C31H35N3O6S4/c1-24-4-12-29(13-5-24)42(35,36)32-18-20-33(43(37,38)30-14-6-25(2)7-15-30)22-27-10-11-28(41-27)23-34(21-19-32)44(39,40)31-16-8-26(3)9-17-31/h4-17H,18-23H2,1-3H3. The van der Waals surface area contributed by atoms with Crippen molar-refractivity contribution in [1.82, 2.24) is 12.9 Å². The average molecular weight is 674 g/mol. The fourth-order valence-corrected chi connectivity index (χ4v) is 10.3. The van der Waals surface area contributed by atoms with E-state index in [4.69, 9.17) is 0 Å². The van der Waals surface area contributed by atoms with E-state index < -0.39 is 30.1 Å². The second-order valence-electron chi connectivity index (χ2n) is 10.9. The average Bonchev–Trinajstić information content (AvgIpc) is 3.43. The molecule has 1 aromatic heterocycles. The Labute approximate surface area is 264 Å². The van der Waals surface area contributed by atoms with Crippen LogP contribution >= 0.6 is 11.3 Å². The summed E-state index contributed by atoms with van der Waals surface area (Å²) < 4.78 is 87.0. The van der Waals surface area contributed by atoms with Gasteiger partial charge < -0.3 is 0 Å². The molecule has 0 unspecified atom stereocenters. The van der Waals surface area contributed by atoms with E-state index in [1.165, 1.54) is 36.4 Å². The normalized spacial score (nSPS) is 16.7. The molecule has 0 aliphatic carbocycles. The fourth-order valence-electron chi connectivity index (χ4n) is 4.88. The third kappa shape index (κ3) is 6.99. The van der Waals surface area contributed by atoms with Crippen LogP contribution in [0.15, 0.2) is 99.6 Å². The smallest absolute Gasteiger partial charge is 0.207 e. The molecule has 0 saturated heterocycles. The summed E-state index contributed by atoms with van der Waals surface area (Å²) in [5.74, 6) is 0. The molecule has 5 rings (SSSR count). The van der Waals surface area contributed by atoms with E-state index in [0.717, 1.165) is 26.4 Å². The Balaban J connectivity index is 1.56. The summed E-state index contributed by atoms with van der Waals surface area (Å²) in [4.78, 5) is 1.73. The molecular formula is C31H35N3O6S4. The number of thiophene rings is 1. The zero-order chi connectivity index (χ0) is 31.7. The van der Waals surface area contributed by atoms with Crippen LogP contribution in [0.2, 0.25) is 0 Å². The van der Waals surface area contributed by atoms with Gasteiger partial charge in [-0.15, -0.1) is 11.3 Å². The minimum absolute atomic E-state index is 0.0179. The molecule has 44 heavy (non-hydrogen) atoms. The Bertz CT molecular complexity index is 1830. The zero-order valence-corrected chi connectivity index (χ0v) is 28.0. The van der Waals surface area contributed by atoms with Crippen molar-refractivity contribution in [3.05, 3.63) is 111 Å².